The van der Waals surface area contributed by atoms with Crippen molar-refractivity contribution in [2.45, 2.75) is 93.2 Å². The number of nitrogens with one attached hydrogen (secondary N) is 1. The summed E-state index contributed by atoms with van der Waals surface area (Å²) in [4.78, 5) is 41.4. The molecule has 0 heterocycles. The molecule has 0 aliphatic heterocycles. The van der Waals surface area contributed by atoms with Gasteiger partial charge in [0.15, 0.2) is 0 Å². The van der Waals surface area contributed by atoms with Crippen molar-refractivity contribution in [3.8, 4) is 0 Å². The summed E-state index contributed by atoms with van der Waals surface area (Å²) in [6, 6.07) is 8.96. The summed E-state index contributed by atoms with van der Waals surface area (Å²) in [5.41, 5.74) is 0.624. The van der Waals surface area contributed by atoms with Gasteiger partial charge in [0.1, 0.15) is 6.04 Å². The first-order valence-electron chi connectivity index (χ1n) is 13.1. The topological polar surface area (TPSA) is 75.7 Å². The van der Waals surface area contributed by atoms with Crippen molar-refractivity contribution >= 4 is 17.8 Å². The Morgan fingerprint density at radius 3 is 2.03 bits per heavy atom. The Bertz CT molecular complexity index is 913. The first-order chi connectivity index (χ1) is 16.6. The van der Waals surface area contributed by atoms with Crippen molar-refractivity contribution in [1.29, 1.82) is 0 Å². The van der Waals surface area contributed by atoms with Crippen LogP contribution in [0, 0.1) is 17.3 Å². The minimum Gasteiger partial charge on any atom is -0.463 e. The van der Waals surface area contributed by atoms with Gasteiger partial charge in [-0.1, -0.05) is 91.8 Å². The van der Waals surface area contributed by atoms with Gasteiger partial charge >= 0.3 is 5.97 Å². The van der Waals surface area contributed by atoms with Gasteiger partial charge in [-0.25, -0.2) is 4.79 Å². The zero-order chi connectivity index (χ0) is 27.8. The number of carbonyl (C=O) groups excluding carboxylic acids is 3. The Morgan fingerprint density at radius 2 is 1.58 bits per heavy atom. The zero-order valence-electron chi connectivity index (χ0n) is 24.3. The zero-order valence-corrected chi connectivity index (χ0v) is 24.3. The van der Waals surface area contributed by atoms with Crippen LogP contribution >= 0.6 is 0 Å². The molecule has 1 rings (SSSR count). The lowest BCUT2D eigenvalue weighted by atomic mass is 9.71. The molecule has 0 aliphatic carbocycles. The van der Waals surface area contributed by atoms with Gasteiger partial charge in [0.25, 0.3) is 0 Å². The Morgan fingerprint density at radius 1 is 1.03 bits per heavy atom. The molecule has 0 saturated carbocycles. The summed E-state index contributed by atoms with van der Waals surface area (Å²) in [6.45, 7) is 19.8. The largest absolute Gasteiger partial charge is 0.463 e. The fourth-order valence-corrected chi connectivity index (χ4v) is 4.65. The van der Waals surface area contributed by atoms with E-state index in [1.54, 1.807) is 31.9 Å². The fraction of sp³-hybridized carbons (Fsp3) is 0.633. The number of nitrogens with zero attached hydrogens (tertiary/aromatic N) is 1. The molecular formula is C30H48N2O4. The molecule has 1 aromatic rings. The molecule has 2 amide bonds. The van der Waals surface area contributed by atoms with Crippen molar-refractivity contribution in [1.82, 2.24) is 10.2 Å². The van der Waals surface area contributed by atoms with Gasteiger partial charge in [-0.15, -0.1) is 0 Å². The Balaban J connectivity index is 3.28. The summed E-state index contributed by atoms with van der Waals surface area (Å²) < 4.78 is 5.12. The van der Waals surface area contributed by atoms with Crippen molar-refractivity contribution in [2.75, 3.05) is 13.7 Å². The van der Waals surface area contributed by atoms with E-state index in [4.69, 9.17) is 4.74 Å². The van der Waals surface area contributed by atoms with Crippen molar-refractivity contribution in [3.05, 3.63) is 47.5 Å². The van der Waals surface area contributed by atoms with Gasteiger partial charge in [-0.3, -0.25) is 9.59 Å². The molecule has 6 heteroatoms. The third kappa shape index (κ3) is 7.94. The molecule has 6 nitrogen and oxygen atoms in total. The van der Waals surface area contributed by atoms with Crippen LogP contribution < -0.4 is 5.32 Å². The summed E-state index contributed by atoms with van der Waals surface area (Å²) >= 11 is 0. The molecule has 1 aromatic carbocycles. The molecule has 0 spiro atoms. The van der Waals surface area contributed by atoms with Gasteiger partial charge in [-0.05, 0) is 37.2 Å². The minimum absolute atomic E-state index is 0.0556. The van der Waals surface area contributed by atoms with Crippen molar-refractivity contribution in [2.24, 2.45) is 17.3 Å². The van der Waals surface area contributed by atoms with Crippen LogP contribution in [0.3, 0.4) is 0 Å². The van der Waals surface area contributed by atoms with Crippen LogP contribution in [-0.2, 0) is 24.5 Å². The van der Waals surface area contributed by atoms with Crippen LogP contribution in [0.25, 0.3) is 0 Å². The van der Waals surface area contributed by atoms with E-state index in [1.165, 1.54) is 0 Å². The second kappa shape index (κ2) is 13.1. The third-order valence-corrected chi connectivity index (χ3v) is 7.01. The number of benzene rings is 1. The van der Waals surface area contributed by atoms with Gasteiger partial charge in [0.05, 0.1) is 12.6 Å². The van der Waals surface area contributed by atoms with E-state index in [2.05, 4.69) is 19.2 Å². The molecule has 0 aromatic heterocycles. The highest BCUT2D eigenvalue weighted by atomic mass is 16.5. The minimum atomic E-state index is -0.729. The number of hydrogen-bond acceptors (Lipinski definition) is 4. The molecule has 0 bridgehead atoms. The number of amides is 2. The number of esters is 1. The number of carbonyl (C=O) groups is 3. The van der Waals surface area contributed by atoms with Crippen LogP contribution in [0.15, 0.2) is 42.0 Å². The maximum absolute atomic E-state index is 13.8. The van der Waals surface area contributed by atoms with E-state index in [0.717, 1.165) is 5.56 Å². The number of ether oxygens (including phenoxy) is 1. The van der Waals surface area contributed by atoms with E-state index < -0.39 is 22.8 Å². The molecule has 202 valence electrons. The highest BCUT2D eigenvalue weighted by Crippen LogP contribution is 2.35. The van der Waals surface area contributed by atoms with E-state index in [9.17, 15) is 14.4 Å². The van der Waals surface area contributed by atoms with E-state index in [0.29, 0.717) is 18.6 Å². The summed E-state index contributed by atoms with van der Waals surface area (Å²) in [5.74, 6) is -0.962. The monoisotopic (exact) mass is 500 g/mol. The Labute approximate surface area is 218 Å². The molecule has 0 fully saturated rings. The molecular weight excluding hydrogens is 452 g/mol. The highest BCUT2D eigenvalue weighted by molar-refractivity contribution is 5.90. The Hall–Kier alpha value is -2.63. The van der Waals surface area contributed by atoms with Crippen LogP contribution in [0.2, 0.25) is 0 Å². The fourth-order valence-electron chi connectivity index (χ4n) is 4.65. The van der Waals surface area contributed by atoms with Crippen LogP contribution in [0.1, 0.15) is 81.2 Å². The molecule has 3 atom stereocenters. The lowest BCUT2D eigenvalue weighted by Crippen LogP contribution is -2.58. The first kappa shape index (κ1) is 31.4. The van der Waals surface area contributed by atoms with Gasteiger partial charge < -0.3 is 15.0 Å². The predicted molar refractivity (Wildman–Crippen MR) is 146 cm³/mol. The lowest BCUT2D eigenvalue weighted by molar-refractivity contribution is -0.142. The lowest BCUT2D eigenvalue weighted by Gasteiger charge is -2.39. The van der Waals surface area contributed by atoms with Gasteiger partial charge in [0, 0.05) is 24.0 Å². The summed E-state index contributed by atoms with van der Waals surface area (Å²) in [5, 5.41) is 3.11. The smallest absolute Gasteiger partial charge is 0.333 e. The maximum atomic E-state index is 13.8. The van der Waals surface area contributed by atoms with E-state index in [-0.39, 0.29) is 29.7 Å². The predicted octanol–water partition coefficient (Wildman–Crippen LogP) is 5.51. The average Bonchev–Trinajstić information content (AvgIpc) is 2.80. The van der Waals surface area contributed by atoms with Crippen LogP contribution in [0.5, 0.6) is 0 Å². The summed E-state index contributed by atoms with van der Waals surface area (Å²) in [7, 11) is 1.73. The van der Waals surface area contributed by atoms with Gasteiger partial charge in [-0.2, -0.15) is 0 Å². The maximum Gasteiger partial charge on any atom is 0.333 e. The van der Waals surface area contributed by atoms with Crippen LogP contribution in [-0.4, -0.2) is 48.4 Å². The average molecular weight is 501 g/mol. The molecule has 0 saturated heterocycles. The van der Waals surface area contributed by atoms with Crippen molar-refractivity contribution in [3.63, 3.8) is 0 Å². The van der Waals surface area contributed by atoms with E-state index >= 15 is 0 Å². The number of rotatable bonds is 11. The highest BCUT2D eigenvalue weighted by Gasteiger charge is 2.41. The Kier molecular flexibility index (Phi) is 11.4. The number of likely N-dealkylation sites (N-methyl/N-ethyl adjacent to an activating group) is 1. The van der Waals surface area contributed by atoms with Crippen molar-refractivity contribution < 1.29 is 19.1 Å². The SMILES string of the molecule is CCOC(=O)/C(C)=C/[C@H](C(C)C)N(C)C(=O)[C@H](NC(=O)[C@@H](CC)C(C)(C)c1ccccc1)C(C)(C)C. The van der Waals surface area contributed by atoms with Crippen LogP contribution in [0.4, 0.5) is 0 Å². The third-order valence-electron chi connectivity index (χ3n) is 7.01. The number of hydrogen-bond donors (Lipinski definition) is 1. The molecule has 0 radical (unpaired) electrons. The molecule has 36 heavy (non-hydrogen) atoms. The van der Waals surface area contributed by atoms with E-state index in [1.807, 2.05) is 71.9 Å². The standard InChI is InChI=1S/C30H48N2O4/c1-12-23(30(9,10)22-17-15-14-16-18-22)26(33)31-25(29(6,7)8)27(34)32(11)24(20(3)4)19-21(5)28(35)36-13-2/h14-20,23-25H,12-13H2,1-11H3,(H,31,33)/b21-19+/t23-,24-,25+/m1/s1. The molecule has 0 aliphatic rings. The molecule has 1 N–H and O–H groups in total. The first-order valence-corrected chi connectivity index (χ1v) is 13.1. The summed E-state index contributed by atoms with van der Waals surface area (Å²) in [6.07, 6.45) is 2.43. The quantitative estimate of drug-likeness (QED) is 0.321. The second-order valence-electron chi connectivity index (χ2n) is 11.6. The second-order valence-corrected chi connectivity index (χ2v) is 11.6. The van der Waals surface area contributed by atoms with Gasteiger partial charge in [0.2, 0.25) is 11.8 Å². The molecule has 0 unspecified atom stereocenters. The normalized spacial score (nSPS) is 15.2.